The van der Waals surface area contributed by atoms with Gasteiger partial charge in [-0.15, -0.1) is 0 Å². The van der Waals surface area contributed by atoms with Crippen molar-refractivity contribution in [2.45, 2.75) is 13.3 Å². The molecule has 66 valence electrons. The van der Waals surface area contributed by atoms with Gasteiger partial charge in [0.25, 0.3) is 0 Å². The fraction of sp³-hybridized carbons (Fsp3) is 0.182. The minimum atomic E-state index is 0.464. The van der Waals surface area contributed by atoms with Crippen molar-refractivity contribution < 1.29 is 0 Å². The zero-order chi connectivity index (χ0) is 9.68. The minimum Gasteiger partial charge on any atom is -0.198 e. The van der Waals surface area contributed by atoms with E-state index in [4.69, 9.17) is 5.26 Å². The van der Waals surface area contributed by atoms with Crippen molar-refractivity contribution in [2.75, 3.05) is 0 Å². The Morgan fingerprint density at radius 3 is 2.85 bits per heavy atom. The van der Waals surface area contributed by atoms with E-state index in [1.54, 1.807) is 0 Å². The van der Waals surface area contributed by atoms with E-state index in [0.717, 1.165) is 10.0 Å². The molecule has 0 saturated carbocycles. The topological polar surface area (TPSA) is 23.8 Å². The first kappa shape index (κ1) is 10.0. The first-order chi connectivity index (χ1) is 6.22. The zero-order valence-electron chi connectivity index (χ0n) is 7.42. The molecule has 0 unspecified atom stereocenters. The van der Waals surface area contributed by atoms with Crippen molar-refractivity contribution in [1.29, 1.82) is 5.26 Å². The summed E-state index contributed by atoms with van der Waals surface area (Å²) in [5, 5.41) is 8.34. The molecular formula is C11H10BrN. The monoisotopic (exact) mass is 235 g/mol. The lowest BCUT2D eigenvalue weighted by Crippen LogP contribution is -1.76. The molecule has 2 heteroatoms. The SMILES string of the molecule is Cc1cc(Br)cc(/C=C/CC#N)c1. The molecule has 0 radical (unpaired) electrons. The molecule has 13 heavy (non-hydrogen) atoms. The lowest BCUT2D eigenvalue weighted by Gasteiger charge is -1.97. The van der Waals surface area contributed by atoms with Gasteiger partial charge in [-0.2, -0.15) is 5.26 Å². The predicted molar refractivity (Wildman–Crippen MR) is 58.1 cm³/mol. The number of rotatable bonds is 2. The summed E-state index contributed by atoms with van der Waals surface area (Å²) in [5.74, 6) is 0. The molecule has 1 aromatic carbocycles. The Labute approximate surface area is 86.8 Å². The Balaban J connectivity index is 2.84. The molecule has 0 aliphatic rings. The number of allylic oxidation sites excluding steroid dienone is 1. The summed E-state index contributed by atoms with van der Waals surface area (Å²) < 4.78 is 1.07. The van der Waals surface area contributed by atoms with Gasteiger partial charge in [0, 0.05) is 4.47 Å². The number of hydrogen-bond donors (Lipinski definition) is 0. The van der Waals surface area contributed by atoms with E-state index in [2.05, 4.69) is 34.1 Å². The molecular weight excluding hydrogens is 226 g/mol. The molecule has 1 nitrogen and oxygen atoms in total. The maximum atomic E-state index is 8.34. The van der Waals surface area contributed by atoms with E-state index in [9.17, 15) is 0 Å². The number of aryl methyl sites for hydroxylation is 1. The van der Waals surface area contributed by atoms with Gasteiger partial charge < -0.3 is 0 Å². The number of nitriles is 1. The van der Waals surface area contributed by atoms with E-state index in [1.165, 1.54) is 5.56 Å². The van der Waals surface area contributed by atoms with Crippen LogP contribution in [-0.4, -0.2) is 0 Å². The van der Waals surface area contributed by atoms with Crippen LogP contribution in [0.1, 0.15) is 17.5 Å². The van der Waals surface area contributed by atoms with Gasteiger partial charge in [0.2, 0.25) is 0 Å². The molecule has 0 atom stereocenters. The van der Waals surface area contributed by atoms with Crippen LogP contribution in [0, 0.1) is 18.3 Å². The maximum absolute atomic E-state index is 8.34. The Kier molecular flexibility index (Phi) is 3.72. The minimum absolute atomic E-state index is 0.464. The highest BCUT2D eigenvalue weighted by atomic mass is 79.9. The average molecular weight is 236 g/mol. The molecule has 0 aliphatic heterocycles. The van der Waals surface area contributed by atoms with Crippen molar-refractivity contribution in [3.8, 4) is 6.07 Å². The third kappa shape index (κ3) is 3.43. The lowest BCUT2D eigenvalue weighted by molar-refractivity contribution is 1.36. The Morgan fingerprint density at radius 1 is 1.46 bits per heavy atom. The molecule has 0 aliphatic carbocycles. The highest BCUT2D eigenvalue weighted by Gasteiger charge is 1.92. The molecule has 0 aromatic heterocycles. The first-order valence-electron chi connectivity index (χ1n) is 4.03. The largest absolute Gasteiger partial charge is 0.198 e. The quantitative estimate of drug-likeness (QED) is 0.768. The van der Waals surface area contributed by atoms with Gasteiger partial charge in [-0.3, -0.25) is 0 Å². The van der Waals surface area contributed by atoms with Crippen molar-refractivity contribution in [1.82, 2.24) is 0 Å². The van der Waals surface area contributed by atoms with Crippen LogP contribution in [-0.2, 0) is 0 Å². The van der Waals surface area contributed by atoms with Crippen LogP contribution < -0.4 is 0 Å². The fourth-order valence-corrected chi connectivity index (χ4v) is 1.73. The van der Waals surface area contributed by atoms with Crippen LogP contribution in [0.25, 0.3) is 6.08 Å². The van der Waals surface area contributed by atoms with Crippen LogP contribution in [0.15, 0.2) is 28.7 Å². The molecule has 0 N–H and O–H groups in total. The van der Waals surface area contributed by atoms with E-state index in [0.29, 0.717) is 6.42 Å². The van der Waals surface area contributed by atoms with Crippen molar-refractivity contribution >= 4 is 22.0 Å². The Hall–Kier alpha value is -1.07. The summed E-state index contributed by atoms with van der Waals surface area (Å²) in [5.41, 5.74) is 2.34. The highest BCUT2D eigenvalue weighted by Crippen LogP contribution is 2.16. The van der Waals surface area contributed by atoms with Gasteiger partial charge in [-0.25, -0.2) is 0 Å². The van der Waals surface area contributed by atoms with E-state index in [1.807, 2.05) is 25.1 Å². The second kappa shape index (κ2) is 4.84. The molecule has 0 amide bonds. The summed E-state index contributed by atoms with van der Waals surface area (Å²) >= 11 is 3.42. The molecule has 0 bridgehead atoms. The van der Waals surface area contributed by atoms with Crippen LogP contribution in [0.4, 0.5) is 0 Å². The van der Waals surface area contributed by atoms with Crippen molar-refractivity contribution in [2.24, 2.45) is 0 Å². The summed E-state index contributed by atoms with van der Waals surface area (Å²) in [7, 11) is 0. The van der Waals surface area contributed by atoms with Gasteiger partial charge in [0.15, 0.2) is 0 Å². The lowest BCUT2D eigenvalue weighted by atomic mass is 10.1. The maximum Gasteiger partial charge on any atom is 0.0663 e. The number of halogens is 1. The van der Waals surface area contributed by atoms with E-state index >= 15 is 0 Å². The van der Waals surface area contributed by atoms with Gasteiger partial charge in [0.05, 0.1) is 12.5 Å². The number of nitrogens with zero attached hydrogens (tertiary/aromatic N) is 1. The zero-order valence-corrected chi connectivity index (χ0v) is 9.01. The van der Waals surface area contributed by atoms with Crippen molar-refractivity contribution in [3.05, 3.63) is 39.9 Å². The smallest absolute Gasteiger partial charge is 0.0663 e. The molecule has 0 fully saturated rings. The molecule has 0 spiro atoms. The van der Waals surface area contributed by atoms with Crippen LogP contribution in [0.2, 0.25) is 0 Å². The van der Waals surface area contributed by atoms with E-state index in [-0.39, 0.29) is 0 Å². The summed E-state index contributed by atoms with van der Waals surface area (Å²) in [6.07, 6.45) is 4.29. The van der Waals surface area contributed by atoms with Gasteiger partial charge in [-0.1, -0.05) is 34.1 Å². The van der Waals surface area contributed by atoms with Crippen LogP contribution in [0.5, 0.6) is 0 Å². The summed E-state index contributed by atoms with van der Waals surface area (Å²) in [6, 6.07) is 8.24. The van der Waals surface area contributed by atoms with Crippen molar-refractivity contribution in [3.63, 3.8) is 0 Å². The Bertz CT molecular complexity index is 341. The molecule has 0 saturated heterocycles. The first-order valence-corrected chi connectivity index (χ1v) is 4.82. The van der Waals surface area contributed by atoms with Gasteiger partial charge in [0.1, 0.15) is 0 Å². The van der Waals surface area contributed by atoms with Crippen LogP contribution >= 0.6 is 15.9 Å². The fourth-order valence-electron chi connectivity index (χ4n) is 1.11. The summed E-state index contributed by atoms with van der Waals surface area (Å²) in [4.78, 5) is 0. The van der Waals surface area contributed by atoms with E-state index < -0.39 is 0 Å². The normalized spacial score (nSPS) is 10.2. The summed E-state index contributed by atoms with van der Waals surface area (Å²) in [6.45, 7) is 2.05. The number of hydrogen-bond acceptors (Lipinski definition) is 1. The third-order valence-corrected chi connectivity index (χ3v) is 2.04. The number of benzene rings is 1. The Morgan fingerprint density at radius 2 is 2.23 bits per heavy atom. The second-order valence-corrected chi connectivity index (χ2v) is 3.74. The third-order valence-electron chi connectivity index (χ3n) is 1.58. The second-order valence-electron chi connectivity index (χ2n) is 2.83. The highest BCUT2D eigenvalue weighted by molar-refractivity contribution is 9.10. The van der Waals surface area contributed by atoms with Crippen LogP contribution in [0.3, 0.4) is 0 Å². The van der Waals surface area contributed by atoms with Gasteiger partial charge >= 0.3 is 0 Å². The molecule has 1 rings (SSSR count). The molecule has 1 aromatic rings. The molecule has 0 heterocycles. The average Bonchev–Trinajstić information content (AvgIpc) is 2.03. The predicted octanol–water partition coefficient (Wildman–Crippen LogP) is 3.68. The standard InChI is InChI=1S/C11H10BrN/c1-9-6-10(4-2-3-5-13)8-11(12)7-9/h2,4,6-8H,3H2,1H3/b4-2+. The van der Waals surface area contributed by atoms with Gasteiger partial charge in [-0.05, 0) is 30.2 Å².